The monoisotopic (exact) mass is 642 g/mol. The Kier molecular flexibility index (Phi) is 8.99. The molecular formula is C33H45F3N8O2. The fourth-order valence-corrected chi connectivity index (χ4v) is 7.57. The molecule has 1 saturated carbocycles. The average molecular weight is 643 g/mol. The Balaban J connectivity index is 0.998. The minimum absolute atomic E-state index is 0.0626. The zero-order valence-electron chi connectivity index (χ0n) is 26.6. The summed E-state index contributed by atoms with van der Waals surface area (Å²) in [4.78, 5) is 30.3. The molecule has 0 spiro atoms. The number of hydrogen-bond acceptors (Lipinski definition) is 9. The van der Waals surface area contributed by atoms with Crippen LogP contribution in [0.4, 0.5) is 36.3 Å². The van der Waals surface area contributed by atoms with Gasteiger partial charge in [-0.25, -0.2) is 4.98 Å². The summed E-state index contributed by atoms with van der Waals surface area (Å²) in [7, 11) is 2.20. The normalized spacial score (nSPS) is 24.9. The number of carbonyl (C=O) groups excluding carboxylic acids is 1. The molecule has 2 aromatic rings. The Labute approximate surface area is 268 Å². The Hall–Kier alpha value is -3.16. The molecule has 1 aromatic heterocycles. The summed E-state index contributed by atoms with van der Waals surface area (Å²) in [5.74, 6) is 0.282. The van der Waals surface area contributed by atoms with Gasteiger partial charge in [-0.05, 0) is 88.3 Å². The number of piperazine rings is 1. The van der Waals surface area contributed by atoms with Crippen molar-refractivity contribution in [1.82, 2.24) is 24.7 Å². The molecule has 250 valence electrons. The topological polar surface area (TPSA) is 89.1 Å². The van der Waals surface area contributed by atoms with Crippen LogP contribution in [0.15, 0.2) is 24.4 Å². The molecule has 10 nitrogen and oxygen atoms in total. The number of fused-ring (bicyclic) bond motifs is 2. The van der Waals surface area contributed by atoms with Crippen LogP contribution in [0.5, 0.6) is 0 Å². The number of hydrogen-bond donors (Lipinski definition) is 2. The van der Waals surface area contributed by atoms with E-state index in [2.05, 4.69) is 54.5 Å². The van der Waals surface area contributed by atoms with Gasteiger partial charge in [0.15, 0.2) is 0 Å². The van der Waals surface area contributed by atoms with Gasteiger partial charge in [-0.3, -0.25) is 9.69 Å². The molecule has 2 bridgehead atoms. The maximum absolute atomic E-state index is 13.9. The zero-order chi connectivity index (χ0) is 31.8. The molecule has 7 rings (SSSR count). The standard InChI is InChI=1S/C33H45F3N8O2/c1-41-11-7-24(8-12-41)42-13-15-43(16-14-42)25-5-6-29(27(18-25)22-3-4-22)39-32-38-19-28(33(34,35)36)30(40-32)37-9-2-10-44-26-17-23(31(44)45)20-46-21-26/h5-6,18-19,22-24,26H,2-4,7-17,20-21H2,1H3,(H2,37,38,39,40). The fourth-order valence-electron chi connectivity index (χ4n) is 7.57. The molecule has 5 aliphatic rings. The number of nitrogens with zero attached hydrogens (tertiary/aromatic N) is 6. The van der Waals surface area contributed by atoms with E-state index < -0.39 is 11.7 Å². The molecule has 5 heterocycles. The van der Waals surface area contributed by atoms with E-state index in [1.165, 1.54) is 31.6 Å². The summed E-state index contributed by atoms with van der Waals surface area (Å²) in [6.07, 6.45) is 2.20. The molecule has 5 fully saturated rings. The number of carbonyl (C=O) groups is 1. The summed E-state index contributed by atoms with van der Waals surface area (Å²) in [6.45, 7) is 8.13. The fraction of sp³-hybridized carbons (Fsp3) is 0.667. The number of piperidine rings is 1. The van der Waals surface area contributed by atoms with Crippen LogP contribution in [0, 0.1) is 5.92 Å². The Morgan fingerprint density at radius 3 is 2.48 bits per heavy atom. The van der Waals surface area contributed by atoms with Crippen molar-refractivity contribution in [3.8, 4) is 0 Å². The maximum atomic E-state index is 13.9. The smallest absolute Gasteiger partial charge is 0.378 e. The summed E-state index contributed by atoms with van der Waals surface area (Å²) < 4.78 is 47.2. The van der Waals surface area contributed by atoms with Gasteiger partial charge in [0.25, 0.3) is 0 Å². The van der Waals surface area contributed by atoms with Gasteiger partial charge in [-0.15, -0.1) is 0 Å². The first kappa shape index (κ1) is 31.4. The Bertz CT molecular complexity index is 1390. The average Bonchev–Trinajstić information content (AvgIpc) is 3.88. The first-order valence-corrected chi connectivity index (χ1v) is 16.9. The van der Waals surface area contributed by atoms with Gasteiger partial charge in [0.05, 0.1) is 25.2 Å². The minimum Gasteiger partial charge on any atom is -0.378 e. The van der Waals surface area contributed by atoms with Crippen LogP contribution in [-0.2, 0) is 15.7 Å². The predicted octanol–water partition coefficient (Wildman–Crippen LogP) is 4.38. The first-order chi connectivity index (χ1) is 22.2. The molecule has 0 radical (unpaired) electrons. The lowest BCUT2D eigenvalue weighted by Gasteiger charge is -2.43. The van der Waals surface area contributed by atoms with Crippen LogP contribution in [-0.4, -0.2) is 115 Å². The van der Waals surface area contributed by atoms with Crippen molar-refractivity contribution in [1.29, 1.82) is 0 Å². The van der Waals surface area contributed by atoms with Gasteiger partial charge in [0.1, 0.15) is 11.4 Å². The molecule has 2 atom stereocenters. The number of halogens is 3. The number of rotatable bonds is 10. The van der Waals surface area contributed by atoms with E-state index in [-0.39, 0.29) is 36.2 Å². The number of benzene rings is 1. The van der Waals surface area contributed by atoms with Crippen molar-refractivity contribution in [3.63, 3.8) is 0 Å². The molecule has 1 aromatic carbocycles. The van der Waals surface area contributed by atoms with E-state index >= 15 is 0 Å². The highest BCUT2D eigenvalue weighted by atomic mass is 19.4. The number of ether oxygens (including phenoxy) is 1. The predicted molar refractivity (Wildman–Crippen MR) is 171 cm³/mol. The van der Waals surface area contributed by atoms with Crippen LogP contribution in [0.3, 0.4) is 0 Å². The van der Waals surface area contributed by atoms with Crippen molar-refractivity contribution >= 4 is 29.0 Å². The zero-order valence-corrected chi connectivity index (χ0v) is 26.6. The number of alkyl halides is 3. The van der Waals surface area contributed by atoms with E-state index in [9.17, 15) is 18.0 Å². The second kappa shape index (κ2) is 13.2. The van der Waals surface area contributed by atoms with Crippen molar-refractivity contribution in [2.24, 2.45) is 5.92 Å². The summed E-state index contributed by atoms with van der Waals surface area (Å²) in [6, 6.07) is 7.11. The lowest BCUT2D eigenvalue weighted by atomic mass is 10.0. The summed E-state index contributed by atoms with van der Waals surface area (Å²) >= 11 is 0. The van der Waals surface area contributed by atoms with Crippen LogP contribution in [0.2, 0.25) is 0 Å². The highest BCUT2D eigenvalue weighted by molar-refractivity contribution is 5.82. The molecule has 1 amide bonds. The SMILES string of the molecule is CN1CCC(N2CCN(c3ccc(Nc4ncc(C(F)(F)F)c(NCCCN5C(=O)C6COCC5C6)n4)c(C4CC4)c3)CC2)CC1. The number of aromatic nitrogens is 2. The van der Waals surface area contributed by atoms with Crippen LogP contribution >= 0.6 is 0 Å². The van der Waals surface area contributed by atoms with Crippen LogP contribution in [0.25, 0.3) is 0 Å². The van der Waals surface area contributed by atoms with E-state index in [0.717, 1.165) is 62.9 Å². The van der Waals surface area contributed by atoms with Crippen LogP contribution in [0.1, 0.15) is 55.6 Å². The highest BCUT2D eigenvalue weighted by Crippen LogP contribution is 2.45. The van der Waals surface area contributed by atoms with E-state index in [0.29, 0.717) is 38.1 Å². The summed E-state index contributed by atoms with van der Waals surface area (Å²) in [5.41, 5.74) is 2.29. The van der Waals surface area contributed by atoms with Gasteiger partial charge < -0.3 is 30.1 Å². The lowest BCUT2D eigenvalue weighted by molar-refractivity contribution is -0.137. The maximum Gasteiger partial charge on any atom is 0.421 e. The molecule has 46 heavy (non-hydrogen) atoms. The van der Waals surface area contributed by atoms with Crippen molar-refractivity contribution < 1.29 is 22.7 Å². The molecule has 1 aliphatic carbocycles. The largest absolute Gasteiger partial charge is 0.421 e. The number of anilines is 4. The van der Waals surface area contributed by atoms with Gasteiger partial charge in [-0.2, -0.15) is 18.2 Å². The number of likely N-dealkylation sites (tertiary alicyclic amines) is 2. The third kappa shape index (κ3) is 6.91. The molecule has 2 unspecified atom stereocenters. The quantitative estimate of drug-likeness (QED) is 0.367. The lowest BCUT2D eigenvalue weighted by Crippen LogP contribution is -2.53. The minimum atomic E-state index is -4.60. The van der Waals surface area contributed by atoms with E-state index in [4.69, 9.17) is 4.74 Å². The van der Waals surface area contributed by atoms with Crippen molar-refractivity contribution in [2.75, 3.05) is 88.2 Å². The first-order valence-electron chi connectivity index (χ1n) is 16.9. The second-order valence-corrected chi connectivity index (χ2v) is 13.6. The van der Waals surface area contributed by atoms with Gasteiger partial charge in [0.2, 0.25) is 11.9 Å². The molecule has 2 N–H and O–H groups in total. The number of amides is 1. The van der Waals surface area contributed by atoms with Gasteiger partial charge >= 0.3 is 6.18 Å². The second-order valence-electron chi connectivity index (χ2n) is 13.6. The molecular weight excluding hydrogens is 597 g/mol. The van der Waals surface area contributed by atoms with Gasteiger partial charge in [-0.1, -0.05) is 0 Å². The third-order valence-electron chi connectivity index (χ3n) is 10.4. The highest BCUT2D eigenvalue weighted by Gasteiger charge is 2.42. The summed E-state index contributed by atoms with van der Waals surface area (Å²) in [5, 5.41) is 6.12. The molecule has 4 saturated heterocycles. The number of nitrogens with one attached hydrogen (secondary N) is 2. The van der Waals surface area contributed by atoms with E-state index in [1.807, 2.05) is 11.0 Å². The van der Waals surface area contributed by atoms with E-state index in [1.54, 1.807) is 0 Å². The molecule has 4 aliphatic heterocycles. The van der Waals surface area contributed by atoms with Gasteiger partial charge in [0, 0.05) is 62.9 Å². The Morgan fingerprint density at radius 2 is 1.76 bits per heavy atom. The Morgan fingerprint density at radius 1 is 0.978 bits per heavy atom. The van der Waals surface area contributed by atoms with Crippen molar-refractivity contribution in [3.05, 3.63) is 35.5 Å². The molecule has 13 heteroatoms. The third-order valence-corrected chi connectivity index (χ3v) is 10.4. The van der Waals surface area contributed by atoms with Crippen molar-refractivity contribution in [2.45, 2.75) is 62.7 Å². The van der Waals surface area contributed by atoms with Crippen LogP contribution < -0.4 is 15.5 Å².